The van der Waals surface area contributed by atoms with Crippen molar-refractivity contribution in [3.63, 3.8) is 0 Å². The van der Waals surface area contributed by atoms with Crippen molar-refractivity contribution in [2.24, 2.45) is 0 Å². The van der Waals surface area contributed by atoms with Crippen LogP contribution < -0.4 is 4.91 Å². The molecule has 0 unspecified atom stereocenters. The molecule has 0 aliphatic carbocycles. The van der Waals surface area contributed by atoms with Crippen molar-refractivity contribution in [1.29, 1.82) is 0 Å². The summed E-state index contributed by atoms with van der Waals surface area (Å²) in [6, 6.07) is 0. The standard InChI is InChI=1S/C6H9BNS/c1-4-5(2)9-6(7-3)8-4/h1-3H3. The van der Waals surface area contributed by atoms with Crippen LogP contribution in [0.25, 0.3) is 0 Å². The number of rotatable bonds is 1. The highest BCUT2D eigenvalue weighted by atomic mass is 32.1. The molecule has 1 heterocycles. The van der Waals surface area contributed by atoms with E-state index in [-0.39, 0.29) is 0 Å². The van der Waals surface area contributed by atoms with Gasteiger partial charge in [-0.25, -0.2) is 0 Å². The molecule has 1 aromatic rings. The zero-order valence-electron chi connectivity index (χ0n) is 5.93. The number of nitrogens with zero attached hydrogens (tertiary/aromatic N) is 1. The van der Waals surface area contributed by atoms with Gasteiger partial charge < -0.3 is 0 Å². The molecule has 0 bridgehead atoms. The molecule has 0 spiro atoms. The number of hydrogen-bond acceptors (Lipinski definition) is 2. The van der Waals surface area contributed by atoms with E-state index in [4.69, 9.17) is 0 Å². The average Bonchev–Trinajstić information content (AvgIpc) is 2.13. The molecule has 0 aliphatic heterocycles. The second-order valence-corrected chi connectivity index (χ2v) is 3.22. The van der Waals surface area contributed by atoms with E-state index in [0.717, 1.165) is 10.6 Å². The van der Waals surface area contributed by atoms with Gasteiger partial charge in [-0.3, -0.25) is 4.98 Å². The highest BCUT2D eigenvalue weighted by molar-refractivity contribution is 7.20. The summed E-state index contributed by atoms with van der Waals surface area (Å²) in [6.07, 6.45) is 0. The van der Waals surface area contributed by atoms with Crippen molar-refractivity contribution < 1.29 is 0 Å². The molecule has 1 nitrogen and oxygen atoms in total. The first-order valence-electron chi connectivity index (χ1n) is 2.97. The molecule has 1 radical (unpaired) electrons. The second kappa shape index (κ2) is 2.52. The Morgan fingerprint density at radius 2 is 2.11 bits per heavy atom. The quantitative estimate of drug-likeness (QED) is 0.530. The third-order valence-electron chi connectivity index (χ3n) is 1.29. The van der Waals surface area contributed by atoms with E-state index >= 15 is 0 Å². The van der Waals surface area contributed by atoms with Crippen LogP contribution in [0.15, 0.2) is 0 Å². The molecule has 0 saturated heterocycles. The van der Waals surface area contributed by atoms with Crippen LogP contribution in [0.2, 0.25) is 6.82 Å². The molecule has 9 heavy (non-hydrogen) atoms. The molecule has 0 N–H and O–H groups in total. The summed E-state index contributed by atoms with van der Waals surface area (Å²) in [7, 11) is 2.03. The first kappa shape index (κ1) is 6.81. The van der Waals surface area contributed by atoms with Gasteiger partial charge in [0.2, 0.25) is 0 Å². The number of thiazole rings is 1. The maximum atomic E-state index is 4.29. The number of aromatic nitrogens is 1. The predicted octanol–water partition coefficient (Wildman–Crippen LogP) is 1.14. The van der Waals surface area contributed by atoms with Gasteiger partial charge in [0, 0.05) is 9.78 Å². The van der Waals surface area contributed by atoms with Crippen molar-refractivity contribution >= 4 is 23.5 Å². The molecule has 0 aromatic carbocycles. The molecule has 0 aliphatic rings. The average molecular weight is 138 g/mol. The molecule has 1 rings (SSSR count). The van der Waals surface area contributed by atoms with Crippen molar-refractivity contribution in [3.8, 4) is 0 Å². The maximum Gasteiger partial charge on any atom is 0.188 e. The molecule has 0 atom stereocenters. The van der Waals surface area contributed by atoms with Crippen LogP contribution in [0.1, 0.15) is 10.6 Å². The zero-order chi connectivity index (χ0) is 6.85. The third kappa shape index (κ3) is 1.33. The Kier molecular flexibility index (Phi) is 1.91. The van der Waals surface area contributed by atoms with E-state index in [1.807, 2.05) is 21.0 Å². The molecular formula is C6H9BNS. The Morgan fingerprint density at radius 1 is 1.44 bits per heavy atom. The monoisotopic (exact) mass is 138 g/mol. The van der Waals surface area contributed by atoms with Gasteiger partial charge in [-0.15, -0.1) is 11.3 Å². The van der Waals surface area contributed by atoms with Crippen LogP contribution >= 0.6 is 11.3 Å². The lowest BCUT2D eigenvalue weighted by atomic mass is 9.84. The number of hydrogen-bond donors (Lipinski definition) is 0. The lowest BCUT2D eigenvalue weighted by Gasteiger charge is -1.78. The van der Waals surface area contributed by atoms with Crippen LogP contribution in [-0.4, -0.2) is 12.3 Å². The largest absolute Gasteiger partial charge is 0.257 e. The van der Waals surface area contributed by atoms with E-state index in [2.05, 4.69) is 11.9 Å². The summed E-state index contributed by atoms with van der Waals surface area (Å²) < 4.78 is 0. The minimum absolute atomic E-state index is 1.13. The highest BCUT2D eigenvalue weighted by Gasteiger charge is 1.99. The van der Waals surface area contributed by atoms with Crippen LogP contribution in [0.3, 0.4) is 0 Å². The minimum Gasteiger partial charge on any atom is -0.257 e. The summed E-state index contributed by atoms with van der Waals surface area (Å²) in [5.74, 6) is 0. The fourth-order valence-electron chi connectivity index (χ4n) is 0.621. The predicted molar refractivity (Wildman–Crippen MR) is 42.8 cm³/mol. The highest BCUT2D eigenvalue weighted by Crippen LogP contribution is 2.06. The Hall–Kier alpha value is -0.305. The van der Waals surface area contributed by atoms with E-state index in [9.17, 15) is 0 Å². The Bertz CT molecular complexity index is 187. The van der Waals surface area contributed by atoms with Gasteiger partial charge in [0.15, 0.2) is 7.28 Å². The summed E-state index contributed by atoms with van der Waals surface area (Å²) in [5.41, 5.74) is 1.16. The van der Waals surface area contributed by atoms with Crippen molar-refractivity contribution in [1.82, 2.24) is 4.98 Å². The molecular weight excluding hydrogens is 129 g/mol. The van der Waals surface area contributed by atoms with Crippen LogP contribution in [0.4, 0.5) is 0 Å². The zero-order valence-corrected chi connectivity index (χ0v) is 6.75. The fourth-order valence-corrected chi connectivity index (χ4v) is 1.43. The SMILES string of the molecule is C[B]c1nc(C)c(C)s1. The van der Waals surface area contributed by atoms with Gasteiger partial charge >= 0.3 is 0 Å². The van der Waals surface area contributed by atoms with Crippen LogP contribution in [0.5, 0.6) is 0 Å². The first-order chi connectivity index (χ1) is 4.24. The van der Waals surface area contributed by atoms with Crippen molar-refractivity contribution in [2.45, 2.75) is 20.7 Å². The van der Waals surface area contributed by atoms with Crippen LogP contribution in [0, 0.1) is 13.8 Å². The van der Waals surface area contributed by atoms with Crippen molar-refractivity contribution in [3.05, 3.63) is 10.6 Å². The number of aryl methyl sites for hydroxylation is 2. The molecule has 0 saturated carbocycles. The Morgan fingerprint density at radius 3 is 2.33 bits per heavy atom. The van der Waals surface area contributed by atoms with Gasteiger partial charge in [0.25, 0.3) is 0 Å². The molecule has 1 aromatic heterocycles. The molecule has 47 valence electrons. The molecule has 0 amide bonds. The Balaban J connectivity index is 2.98. The van der Waals surface area contributed by atoms with E-state index in [1.165, 1.54) is 4.88 Å². The summed E-state index contributed by atoms with van der Waals surface area (Å²) >= 11 is 1.75. The molecule has 0 fully saturated rings. The smallest absolute Gasteiger partial charge is 0.188 e. The van der Waals surface area contributed by atoms with Gasteiger partial charge in [0.1, 0.15) is 0 Å². The summed E-state index contributed by atoms with van der Waals surface area (Å²) in [5, 5.41) is 0. The molecule has 3 heteroatoms. The van der Waals surface area contributed by atoms with Gasteiger partial charge in [-0.2, -0.15) is 0 Å². The first-order valence-corrected chi connectivity index (χ1v) is 3.79. The van der Waals surface area contributed by atoms with Gasteiger partial charge in [-0.1, -0.05) is 6.82 Å². The summed E-state index contributed by atoms with van der Waals surface area (Å²) in [4.78, 5) is 6.74. The fraction of sp³-hybridized carbons (Fsp3) is 0.500. The second-order valence-electron chi connectivity index (χ2n) is 1.98. The lowest BCUT2D eigenvalue weighted by molar-refractivity contribution is 1.25. The normalized spacial score (nSPS) is 9.67. The van der Waals surface area contributed by atoms with Crippen LogP contribution in [-0.2, 0) is 0 Å². The van der Waals surface area contributed by atoms with E-state index in [1.54, 1.807) is 11.3 Å². The third-order valence-corrected chi connectivity index (χ3v) is 2.43. The van der Waals surface area contributed by atoms with Crippen molar-refractivity contribution in [2.75, 3.05) is 0 Å². The lowest BCUT2D eigenvalue weighted by Crippen LogP contribution is -2.07. The topological polar surface area (TPSA) is 12.9 Å². The van der Waals surface area contributed by atoms with Gasteiger partial charge in [0.05, 0.1) is 5.69 Å². The Labute approximate surface area is 60.4 Å². The van der Waals surface area contributed by atoms with E-state index in [0.29, 0.717) is 0 Å². The minimum atomic E-state index is 1.13. The summed E-state index contributed by atoms with van der Waals surface area (Å²) in [6.45, 7) is 6.15. The maximum absolute atomic E-state index is 4.29. The van der Waals surface area contributed by atoms with Gasteiger partial charge in [-0.05, 0) is 13.8 Å². The van der Waals surface area contributed by atoms with E-state index < -0.39 is 0 Å².